The second-order valence-corrected chi connectivity index (χ2v) is 5.48. The minimum atomic E-state index is 0.861. The van der Waals surface area contributed by atoms with Gasteiger partial charge in [0, 0.05) is 12.1 Å². The van der Waals surface area contributed by atoms with E-state index < -0.39 is 0 Å². The van der Waals surface area contributed by atoms with Crippen molar-refractivity contribution in [3.05, 3.63) is 0 Å². The molecular formula is C13H25N. The van der Waals surface area contributed by atoms with Gasteiger partial charge >= 0.3 is 0 Å². The fourth-order valence-corrected chi connectivity index (χ4v) is 3.40. The standard InChI is InChI=1S/C13H25N/c1-11(2)13-9-6-10-14(13)12-7-4-3-5-8-12/h11-13H,3-10H2,1-2H3. The van der Waals surface area contributed by atoms with Gasteiger partial charge in [-0.25, -0.2) is 0 Å². The molecule has 1 saturated heterocycles. The molecule has 0 bridgehead atoms. The van der Waals surface area contributed by atoms with Crippen molar-refractivity contribution >= 4 is 0 Å². The first-order chi connectivity index (χ1) is 6.79. The van der Waals surface area contributed by atoms with Crippen LogP contribution in [0.1, 0.15) is 58.8 Å². The summed E-state index contributed by atoms with van der Waals surface area (Å²) in [6.45, 7) is 6.17. The van der Waals surface area contributed by atoms with E-state index in [1.165, 1.54) is 51.5 Å². The van der Waals surface area contributed by atoms with Crippen molar-refractivity contribution in [2.75, 3.05) is 6.54 Å². The van der Waals surface area contributed by atoms with Gasteiger partial charge in [-0.15, -0.1) is 0 Å². The first-order valence-corrected chi connectivity index (χ1v) is 6.55. The topological polar surface area (TPSA) is 3.24 Å². The Morgan fingerprint density at radius 1 is 0.929 bits per heavy atom. The zero-order valence-corrected chi connectivity index (χ0v) is 9.84. The lowest BCUT2D eigenvalue weighted by Gasteiger charge is -2.37. The second-order valence-electron chi connectivity index (χ2n) is 5.48. The van der Waals surface area contributed by atoms with E-state index in [-0.39, 0.29) is 0 Å². The predicted octanol–water partition coefficient (Wildman–Crippen LogP) is 3.44. The third kappa shape index (κ3) is 2.13. The molecule has 0 amide bonds. The molecule has 0 aromatic heterocycles. The first-order valence-electron chi connectivity index (χ1n) is 6.55. The Kier molecular flexibility index (Phi) is 3.48. The molecule has 0 spiro atoms. The average Bonchev–Trinajstić information content (AvgIpc) is 2.67. The molecule has 1 aliphatic heterocycles. The minimum Gasteiger partial charge on any atom is -0.297 e. The van der Waals surface area contributed by atoms with E-state index >= 15 is 0 Å². The summed E-state index contributed by atoms with van der Waals surface area (Å²) in [5, 5.41) is 0. The Balaban J connectivity index is 1.94. The number of rotatable bonds is 2. The Morgan fingerprint density at radius 2 is 1.64 bits per heavy atom. The Morgan fingerprint density at radius 3 is 2.29 bits per heavy atom. The Bertz CT molecular complexity index is 170. The summed E-state index contributed by atoms with van der Waals surface area (Å²) in [5.41, 5.74) is 0. The van der Waals surface area contributed by atoms with Crippen LogP contribution in [0.3, 0.4) is 0 Å². The SMILES string of the molecule is CC(C)C1CCCN1C1CCCCC1. The molecule has 2 fully saturated rings. The maximum atomic E-state index is 2.84. The van der Waals surface area contributed by atoms with Crippen LogP contribution in [-0.2, 0) is 0 Å². The molecule has 0 radical (unpaired) electrons. The van der Waals surface area contributed by atoms with Crippen LogP contribution in [0, 0.1) is 5.92 Å². The van der Waals surface area contributed by atoms with E-state index in [2.05, 4.69) is 18.7 Å². The summed E-state index contributed by atoms with van der Waals surface area (Å²) >= 11 is 0. The van der Waals surface area contributed by atoms with E-state index in [9.17, 15) is 0 Å². The third-order valence-corrected chi connectivity index (χ3v) is 4.16. The van der Waals surface area contributed by atoms with E-state index in [1.54, 1.807) is 0 Å². The summed E-state index contributed by atoms with van der Waals surface area (Å²) in [7, 11) is 0. The molecular weight excluding hydrogens is 170 g/mol. The van der Waals surface area contributed by atoms with E-state index in [1.807, 2.05) is 0 Å². The van der Waals surface area contributed by atoms with Crippen molar-refractivity contribution < 1.29 is 0 Å². The van der Waals surface area contributed by atoms with Crippen molar-refractivity contribution in [2.45, 2.75) is 70.9 Å². The van der Waals surface area contributed by atoms with Gasteiger partial charge in [-0.2, -0.15) is 0 Å². The molecule has 1 aliphatic carbocycles. The lowest BCUT2D eigenvalue weighted by Crippen LogP contribution is -2.42. The number of likely N-dealkylation sites (tertiary alicyclic amines) is 1. The van der Waals surface area contributed by atoms with Crippen molar-refractivity contribution in [3.63, 3.8) is 0 Å². The lowest BCUT2D eigenvalue weighted by molar-refractivity contribution is 0.116. The van der Waals surface area contributed by atoms with Crippen molar-refractivity contribution in [1.82, 2.24) is 4.90 Å². The smallest absolute Gasteiger partial charge is 0.0122 e. The molecule has 1 atom stereocenters. The van der Waals surface area contributed by atoms with Gasteiger partial charge in [0.1, 0.15) is 0 Å². The van der Waals surface area contributed by atoms with E-state index in [0.717, 1.165) is 18.0 Å². The van der Waals surface area contributed by atoms with Gasteiger partial charge in [-0.1, -0.05) is 33.1 Å². The fourth-order valence-electron chi connectivity index (χ4n) is 3.40. The van der Waals surface area contributed by atoms with Crippen LogP contribution in [0.25, 0.3) is 0 Å². The highest BCUT2D eigenvalue weighted by atomic mass is 15.2. The average molecular weight is 195 g/mol. The van der Waals surface area contributed by atoms with Crippen LogP contribution in [0.5, 0.6) is 0 Å². The number of hydrogen-bond donors (Lipinski definition) is 0. The van der Waals surface area contributed by atoms with Gasteiger partial charge in [-0.05, 0) is 38.1 Å². The molecule has 14 heavy (non-hydrogen) atoms. The molecule has 1 saturated carbocycles. The van der Waals surface area contributed by atoms with Gasteiger partial charge in [-0.3, -0.25) is 4.90 Å². The molecule has 2 aliphatic rings. The van der Waals surface area contributed by atoms with Crippen molar-refractivity contribution in [3.8, 4) is 0 Å². The summed E-state index contributed by atoms with van der Waals surface area (Å²) in [5.74, 6) is 0.861. The highest BCUT2D eigenvalue weighted by Gasteiger charge is 2.32. The lowest BCUT2D eigenvalue weighted by atomic mass is 9.92. The second kappa shape index (κ2) is 4.65. The maximum absolute atomic E-state index is 2.84. The Hall–Kier alpha value is -0.0400. The van der Waals surface area contributed by atoms with Crippen LogP contribution in [0.15, 0.2) is 0 Å². The molecule has 2 rings (SSSR count). The minimum absolute atomic E-state index is 0.861. The quantitative estimate of drug-likeness (QED) is 0.652. The van der Waals surface area contributed by atoms with Gasteiger partial charge in [0.15, 0.2) is 0 Å². The molecule has 0 N–H and O–H groups in total. The fraction of sp³-hybridized carbons (Fsp3) is 1.00. The molecule has 1 heteroatoms. The van der Waals surface area contributed by atoms with Gasteiger partial charge in [0.2, 0.25) is 0 Å². The van der Waals surface area contributed by atoms with Crippen molar-refractivity contribution in [2.24, 2.45) is 5.92 Å². The van der Waals surface area contributed by atoms with Gasteiger partial charge in [0.05, 0.1) is 0 Å². The summed E-state index contributed by atoms with van der Waals surface area (Å²) in [6, 6.07) is 1.84. The highest BCUT2D eigenvalue weighted by molar-refractivity contribution is 4.87. The van der Waals surface area contributed by atoms with Crippen molar-refractivity contribution in [1.29, 1.82) is 0 Å². The molecule has 0 aromatic carbocycles. The van der Waals surface area contributed by atoms with E-state index in [0.29, 0.717) is 0 Å². The summed E-state index contributed by atoms with van der Waals surface area (Å²) < 4.78 is 0. The Labute approximate surface area is 88.9 Å². The molecule has 1 unspecified atom stereocenters. The molecule has 1 nitrogen and oxygen atoms in total. The van der Waals surface area contributed by atoms with Crippen LogP contribution >= 0.6 is 0 Å². The van der Waals surface area contributed by atoms with Crippen LogP contribution in [0.2, 0.25) is 0 Å². The van der Waals surface area contributed by atoms with Crippen LogP contribution < -0.4 is 0 Å². The third-order valence-electron chi connectivity index (χ3n) is 4.16. The maximum Gasteiger partial charge on any atom is 0.0122 e. The number of hydrogen-bond acceptors (Lipinski definition) is 1. The van der Waals surface area contributed by atoms with Crippen LogP contribution in [-0.4, -0.2) is 23.5 Å². The first kappa shape index (κ1) is 10.5. The van der Waals surface area contributed by atoms with Gasteiger partial charge in [0.25, 0.3) is 0 Å². The normalized spacial score (nSPS) is 31.5. The predicted molar refractivity (Wildman–Crippen MR) is 61.4 cm³/mol. The number of nitrogens with zero attached hydrogens (tertiary/aromatic N) is 1. The highest BCUT2D eigenvalue weighted by Crippen LogP contribution is 2.31. The largest absolute Gasteiger partial charge is 0.297 e. The zero-order chi connectivity index (χ0) is 9.97. The zero-order valence-electron chi connectivity index (χ0n) is 9.84. The molecule has 0 aromatic rings. The summed E-state index contributed by atoms with van der Waals surface area (Å²) in [4.78, 5) is 2.84. The van der Waals surface area contributed by atoms with Crippen LogP contribution in [0.4, 0.5) is 0 Å². The van der Waals surface area contributed by atoms with E-state index in [4.69, 9.17) is 0 Å². The van der Waals surface area contributed by atoms with Gasteiger partial charge < -0.3 is 0 Å². The summed E-state index contributed by atoms with van der Waals surface area (Å²) in [6.07, 6.45) is 10.3. The molecule has 82 valence electrons. The monoisotopic (exact) mass is 195 g/mol. The molecule has 1 heterocycles.